The first-order chi connectivity index (χ1) is 0. The van der Waals surface area contributed by atoms with E-state index in [-0.39, 0.29) is 53.0 Å². The Morgan fingerprint density at radius 3 is 0.400 bits per heavy atom. The molecule has 4 nitrogen and oxygen atoms in total. The Labute approximate surface area is 53.2 Å². The van der Waals surface area contributed by atoms with Crippen molar-refractivity contribution in [2.24, 2.45) is 0 Å². The molecule has 4 N–H and O–H groups in total. The summed E-state index contributed by atoms with van der Waals surface area (Å²) < 4.78 is 0. The molecular weight excluding hydrogens is 302 g/mol. The van der Waals surface area contributed by atoms with Crippen LogP contribution in [0.2, 0.25) is 0 Å². The molecule has 0 atom stereocenters. The maximum absolute atomic E-state index is 0. The summed E-state index contributed by atoms with van der Waals surface area (Å²) in [6, 6.07) is 0. The van der Waals surface area contributed by atoms with Gasteiger partial charge in [-0.15, -0.1) is 0 Å². The number of rotatable bonds is 0. The second kappa shape index (κ2) is 93.1. The third-order valence-corrected chi connectivity index (χ3v) is 0. The summed E-state index contributed by atoms with van der Waals surface area (Å²) in [5, 5.41) is 0. The van der Waals surface area contributed by atoms with E-state index in [9.17, 15) is 0 Å². The van der Waals surface area contributed by atoms with Gasteiger partial charge in [0.15, 0.2) is 0 Å². The van der Waals surface area contributed by atoms with Crippen molar-refractivity contribution in [1.82, 2.24) is 0 Å². The summed E-state index contributed by atoms with van der Waals surface area (Å²) in [6.45, 7) is 0. The van der Waals surface area contributed by atoms with Crippen LogP contribution in [0.15, 0.2) is 0 Å². The van der Waals surface area contributed by atoms with E-state index in [1.807, 2.05) is 0 Å². The van der Waals surface area contributed by atoms with Crippen molar-refractivity contribution in [2.75, 3.05) is 0 Å². The minimum atomic E-state index is 0. The maximum Gasteiger partial charge on any atom is 4.00 e. The van der Waals surface area contributed by atoms with Crippen LogP contribution >= 0.6 is 0 Å². The second-order valence-electron chi connectivity index (χ2n) is 0. The van der Waals surface area contributed by atoms with Crippen LogP contribution in [0.25, 0.3) is 0 Å². The van der Waals surface area contributed by atoms with Gasteiger partial charge in [-0.2, -0.15) is 0 Å². The summed E-state index contributed by atoms with van der Waals surface area (Å²) in [7, 11) is 0. The first-order valence-electron chi connectivity index (χ1n) is 0. The van der Waals surface area contributed by atoms with E-state index in [1.54, 1.807) is 0 Å². The van der Waals surface area contributed by atoms with Crippen molar-refractivity contribution in [3.05, 3.63) is 0 Å². The van der Waals surface area contributed by atoms with Gasteiger partial charge in [0.2, 0.25) is 0 Å². The standard InChI is InChI=1S/4H2O.U/h4*1H2;/q;;;;+4/p-4. The molecule has 32 valence electrons. The third-order valence-electron chi connectivity index (χ3n) is 0. The van der Waals surface area contributed by atoms with Crippen LogP contribution in [-0.2, 0) is 0 Å². The average Bonchev–Trinajstić information content (AvgIpc) is 0. The van der Waals surface area contributed by atoms with Gasteiger partial charge in [-0.25, -0.2) is 0 Å². The van der Waals surface area contributed by atoms with Crippen LogP contribution in [0.1, 0.15) is 0 Å². The topological polar surface area (TPSA) is 120 Å². The number of hydrogen-bond donors (Lipinski definition) is 0. The van der Waals surface area contributed by atoms with Gasteiger partial charge in [-0.1, -0.05) is 0 Å². The van der Waals surface area contributed by atoms with E-state index >= 15 is 0 Å². The Bertz CT molecular complexity index is 3.61. The molecule has 0 unspecified atom stereocenters. The molecule has 5 heteroatoms. The molecule has 0 rings (SSSR count). The molecular formula is H4O4U. The van der Waals surface area contributed by atoms with Crippen LogP contribution in [-0.4, -0.2) is 21.9 Å². The Hall–Kier alpha value is 0.892. The molecule has 0 heterocycles. The van der Waals surface area contributed by atoms with E-state index < -0.39 is 0 Å². The summed E-state index contributed by atoms with van der Waals surface area (Å²) in [6.07, 6.45) is 0. The van der Waals surface area contributed by atoms with E-state index in [2.05, 4.69) is 0 Å². The fraction of sp³-hybridized carbons (Fsp3) is 0. The zero-order chi connectivity index (χ0) is 0. The van der Waals surface area contributed by atoms with Crippen molar-refractivity contribution >= 4 is 0 Å². The van der Waals surface area contributed by atoms with Crippen molar-refractivity contribution in [3.63, 3.8) is 0 Å². The quantitative estimate of drug-likeness (QED) is 0.587. The average molecular weight is 306 g/mol. The van der Waals surface area contributed by atoms with E-state index in [0.717, 1.165) is 0 Å². The molecule has 0 aromatic carbocycles. The van der Waals surface area contributed by atoms with Crippen LogP contribution in [0, 0.1) is 31.1 Å². The number of hydrogen-bond acceptors (Lipinski definition) is 4. The largest absolute Gasteiger partial charge is 4.00 e. The zero-order valence-corrected chi connectivity index (χ0v) is 6.45. The van der Waals surface area contributed by atoms with Crippen LogP contribution in [0.3, 0.4) is 0 Å². The summed E-state index contributed by atoms with van der Waals surface area (Å²) in [5.74, 6) is 0. The van der Waals surface area contributed by atoms with Crippen molar-refractivity contribution < 1.29 is 53.0 Å². The molecule has 0 fully saturated rings. The van der Waals surface area contributed by atoms with Crippen LogP contribution in [0.5, 0.6) is 0 Å². The predicted octanol–water partition coefficient (Wildman–Crippen LogP) is -0.707. The molecule has 0 amide bonds. The van der Waals surface area contributed by atoms with Gasteiger partial charge in [-0.05, 0) is 0 Å². The Kier molecular flexibility index (Phi) is 3300. The van der Waals surface area contributed by atoms with Gasteiger partial charge in [0.05, 0.1) is 0 Å². The van der Waals surface area contributed by atoms with Gasteiger partial charge in [0.25, 0.3) is 0 Å². The van der Waals surface area contributed by atoms with Crippen LogP contribution < -0.4 is 0 Å². The normalized spacial score (nSPS) is 0. The first-order valence-corrected chi connectivity index (χ1v) is 0. The predicted molar refractivity (Wildman–Crippen MR) is 7.74 cm³/mol. The molecule has 0 spiro atoms. The molecule has 0 aliphatic rings. The summed E-state index contributed by atoms with van der Waals surface area (Å²) in [5.41, 5.74) is 0. The summed E-state index contributed by atoms with van der Waals surface area (Å²) in [4.78, 5) is 0. The minimum Gasteiger partial charge on any atom is -0.870 e. The van der Waals surface area contributed by atoms with Gasteiger partial charge in [0, 0.05) is 0 Å². The maximum atomic E-state index is 0. The third kappa shape index (κ3) is 51.4. The van der Waals surface area contributed by atoms with Crippen LogP contribution in [0.4, 0.5) is 0 Å². The van der Waals surface area contributed by atoms with Gasteiger partial charge in [0.1, 0.15) is 0 Å². The smallest absolute Gasteiger partial charge is 0.870 e. The minimum absolute atomic E-state index is 0. The fourth-order valence-corrected chi connectivity index (χ4v) is 0. The van der Waals surface area contributed by atoms with Crippen molar-refractivity contribution in [3.8, 4) is 0 Å². The van der Waals surface area contributed by atoms with Gasteiger partial charge < -0.3 is 21.9 Å². The molecule has 0 saturated carbocycles. The SMILES string of the molecule is [OH-].[OH-].[OH-].[OH-].[U+4]. The zero-order valence-electron chi connectivity index (χ0n) is 2.29. The van der Waals surface area contributed by atoms with E-state index in [0.29, 0.717) is 0 Å². The molecule has 0 aromatic rings. The molecule has 0 aliphatic carbocycles. The molecule has 0 saturated heterocycles. The Morgan fingerprint density at radius 1 is 0.400 bits per heavy atom. The van der Waals surface area contributed by atoms with Gasteiger partial charge in [-0.3, -0.25) is 0 Å². The first kappa shape index (κ1) is 177. The molecule has 0 aromatic heterocycles. The Balaban J connectivity index is 0. The van der Waals surface area contributed by atoms with Crippen molar-refractivity contribution in [2.45, 2.75) is 0 Å². The summed E-state index contributed by atoms with van der Waals surface area (Å²) >= 11 is 0. The van der Waals surface area contributed by atoms with Gasteiger partial charge >= 0.3 is 31.1 Å². The second-order valence-corrected chi connectivity index (χ2v) is 0. The van der Waals surface area contributed by atoms with Crippen molar-refractivity contribution in [1.29, 1.82) is 0 Å². The molecule has 0 aliphatic heterocycles. The Morgan fingerprint density at radius 2 is 0.400 bits per heavy atom. The molecule has 0 bridgehead atoms. The molecule has 5 heavy (non-hydrogen) atoms. The van der Waals surface area contributed by atoms with E-state index in [4.69, 9.17) is 0 Å². The van der Waals surface area contributed by atoms with E-state index in [1.165, 1.54) is 0 Å². The fourth-order valence-electron chi connectivity index (χ4n) is 0. The molecule has 0 radical (unpaired) electrons. The monoisotopic (exact) mass is 306 g/mol.